The van der Waals surface area contributed by atoms with Crippen LogP contribution >= 0.6 is 11.8 Å². The van der Waals surface area contributed by atoms with E-state index < -0.39 is 0 Å². The van der Waals surface area contributed by atoms with E-state index in [4.69, 9.17) is 4.42 Å². The highest BCUT2D eigenvalue weighted by atomic mass is 32.2. The molecular formula is C12H23N5OS. The second-order valence-electron chi connectivity index (χ2n) is 4.56. The molecule has 7 heteroatoms. The van der Waals surface area contributed by atoms with Crippen molar-refractivity contribution in [2.75, 3.05) is 49.5 Å². The molecule has 1 aliphatic rings. The van der Waals surface area contributed by atoms with E-state index in [0.717, 1.165) is 26.1 Å². The summed E-state index contributed by atoms with van der Waals surface area (Å²) >= 11 is 2.03. The molecule has 108 valence electrons. The quantitative estimate of drug-likeness (QED) is 0.692. The molecule has 0 aliphatic carbocycles. The Bertz CT molecular complexity index is 354. The number of aromatic nitrogens is 2. The maximum atomic E-state index is 5.50. The van der Waals surface area contributed by atoms with Crippen LogP contribution in [0.1, 0.15) is 19.2 Å². The van der Waals surface area contributed by atoms with Crippen molar-refractivity contribution in [2.24, 2.45) is 0 Å². The van der Waals surface area contributed by atoms with Crippen LogP contribution in [0.4, 0.5) is 6.01 Å². The first-order chi connectivity index (χ1) is 9.38. The van der Waals surface area contributed by atoms with Crippen LogP contribution in [-0.4, -0.2) is 59.3 Å². The van der Waals surface area contributed by atoms with Gasteiger partial charge in [0.1, 0.15) is 0 Å². The number of anilines is 1. The third-order valence-electron chi connectivity index (χ3n) is 2.98. The number of nitrogens with zero attached hydrogens (tertiary/aromatic N) is 3. The Balaban J connectivity index is 1.62. The highest BCUT2D eigenvalue weighted by Crippen LogP contribution is 2.09. The highest BCUT2D eigenvalue weighted by molar-refractivity contribution is 7.99. The summed E-state index contributed by atoms with van der Waals surface area (Å²) in [6, 6.07) is 0.527. The predicted molar refractivity (Wildman–Crippen MR) is 78.6 cm³/mol. The third-order valence-corrected chi connectivity index (χ3v) is 3.92. The number of hydrogen-bond acceptors (Lipinski definition) is 7. The van der Waals surface area contributed by atoms with Crippen LogP contribution in [0.5, 0.6) is 0 Å². The Morgan fingerprint density at radius 2 is 2.11 bits per heavy atom. The monoisotopic (exact) mass is 285 g/mol. The summed E-state index contributed by atoms with van der Waals surface area (Å²) in [6.07, 6.45) is 1.10. The summed E-state index contributed by atoms with van der Waals surface area (Å²) in [5, 5.41) is 14.4. The van der Waals surface area contributed by atoms with Gasteiger partial charge in [-0.2, -0.15) is 11.8 Å². The minimum atomic E-state index is 0.527. The molecule has 19 heavy (non-hydrogen) atoms. The van der Waals surface area contributed by atoms with Gasteiger partial charge in [-0.1, -0.05) is 12.0 Å². The summed E-state index contributed by atoms with van der Waals surface area (Å²) in [4.78, 5) is 2.46. The van der Waals surface area contributed by atoms with Crippen molar-refractivity contribution in [3.8, 4) is 0 Å². The third kappa shape index (κ3) is 5.38. The van der Waals surface area contributed by atoms with Crippen LogP contribution in [0.2, 0.25) is 0 Å². The second kappa shape index (κ2) is 8.39. The fraction of sp³-hybridized carbons (Fsp3) is 0.833. The summed E-state index contributed by atoms with van der Waals surface area (Å²) in [6.45, 7) is 8.00. The Hall–Kier alpha value is -0.790. The molecule has 2 heterocycles. The molecule has 0 radical (unpaired) electrons. The molecule has 0 unspecified atom stereocenters. The Labute approximate surface area is 118 Å². The van der Waals surface area contributed by atoms with Crippen molar-refractivity contribution in [1.29, 1.82) is 0 Å². The number of rotatable bonds is 8. The van der Waals surface area contributed by atoms with E-state index >= 15 is 0 Å². The smallest absolute Gasteiger partial charge is 0.315 e. The molecule has 0 atom stereocenters. The van der Waals surface area contributed by atoms with Crippen molar-refractivity contribution >= 4 is 17.8 Å². The van der Waals surface area contributed by atoms with Crippen LogP contribution in [0.3, 0.4) is 0 Å². The standard InChI is InChI=1S/C12H23N5OS/c1-2-3-13-10-11-15-16-12(18-11)14-4-5-17-6-8-19-9-7-17/h13H,2-10H2,1H3,(H,14,16). The van der Waals surface area contributed by atoms with Crippen molar-refractivity contribution < 1.29 is 4.42 Å². The molecule has 0 spiro atoms. The van der Waals surface area contributed by atoms with Gasteiger partial charge in [0.15, 0.2) is 0 Å². The van der Waals surface area contributed by atoms with E-state index in [0.29, 0.717) is 18.5 Å². The van der Waals surface area contributed by atoms with Gasteiger partial charge in [-0.15, -0.1) is 5.10 Å². The molecule has 0 aromatic carbocycles. The molecule has 1 aromatic heterocycles. The Morgan fingerprint density at radius 1 is 1.26 bits per heavy atom. The molecule has 0 amide bonds. The average molecular weight is 285 g/mol. The van der Waals surface area contributed by atoms with E-state index in [1.54, 1.807) is 0 Å². The molecule has 6 nitrogen and oxygen atoms in total. The number of hydrogen-bond donors (Lipinski definition) is 2. The summed E-state index contributed by atoms with van der Waals surface area (Å²) in [7, 11) is 0. The SMILES string of the molecule is CCCNCc1nnc(NCCN2CCSCC2)o1. The second-order valence-corrected chi connectivity index (χ2v) is 5.78. The normalized spacial score (nSPS) is 16.7. The summed E-state index contributed by atoms with van der Waals surface area (Å²) in [5.74, 6) is 3.13. The number of thioether (sulfide) groups is 1. The topological polar surface area (TPSA) is 66.2 Å². The van der Waals surface area contributed by atoms with Gasteiger partial charge in [0.05, 0.1) is 6.54 Å². The zero-order valence-corrected chi connectivity index (χ0v) is 12.3. The molecule has 1 fully saturated rings. The van der Waals surface area contributed by atoms with Gasteiger partial charge < -0.3 is 15.1 Å². The first-order valence-electron chi connectivity index (χ1n) is 6.95. The molecular weight excluding hydrogens is 262 g/mol. The lowest BCUT2D eigenvalue weighted by Gasteiger charge is -2.25. The zero-order chi connectivity index (χ0) is 13.3. The fourth-order valence-corrected chi connectivity index (χ4v) is 2.89. The Morgan fingerprint density at radius 3 is 2.89 bits per heavy atom. The van der Waals surface area contributed by atoms with Gasteiger partial charge in [0.2, 0.25) is 5.89 Å². The van der Waals surface area contributed by atoms with Crippen molar-refractivity contribution in [3.63, 3.8) is 0 Å². The average Bonchev–Trinajstić information content (AvgIpc) is 2.88. The van der Waals surface area contributed by atoms with Gasteiger partial charge in [0.25, 0.3) is 0 Å². The maximum Gasteiger partial charge on any atom is 0.315 e. The lowest BCUT2D eigenvalue weighted by Crippen LogP contribution is -2.36. The van der Waals surface area contributed by atoms with E-state index in [1.807, 2.05) is 11.8 Å². The zero-order valence-electron chi connectivity index (χ0n) is 11.5. The molecule has 1 aliphatic heterocycles. The van der Waals surface area contributed by atoms with E-state index in [2.05, 4.69) is 32.7 Å². The largest absolute Gasteiger partial charge is 0.407 e. The van der Waals surface area contributed by atoms with Crippen molar-refractivity contribution in [2.45, 2.75) is 19.9 Å². The van der Waals surface area contributed by atoms with Crippen LogP contribution < -0.4 is 10.6 Å². The highest BCUT2D eigenvalue weighted by Gasteiger charge is 2.10. The first-order valence-corrected chi connectivity index (χ1v) is 8.11. The summed E-state index contributed by atoms with van der Waals surface area (Å²) < 4.78 is 5.50. The Kier molecular flexibility index (Phi) is 6.46. The van der Waals surface area contributed by atoms with E-state index in [1.165, 1.54) is 24.6 Å². The van der Waals surface area contributed by atoms with Crippen molar-refractivity contribution in [1.82, 2.24) is 20.4 Å². The van der Waals surface area contributed by atoms with Gasteiger partial charge in [-0.05, 0) is 13.0 Å². The molecule has 0 bridgehead atoms. The van der Waals surface area contributed by atoms with Crippen LogP contribution in [-0.2, 0) is 6.54 Å². The fourth-order valence-electron chi connectivity index (χ4n) is 1.91. The maximum absolute atomic E-state index is 5.50. The van der Waals surface area contributed by atoms with Crippen molar-refractivity contribution in [3.05, 3.63) is 5.89 Å². The molecule has 1 aromatic rings. The van der Waals surface area contributed by atoms with E-state index in [-0.39, 0.29) is 0 Å². The van der Waals surface area contributed by atoms with Crippen LogP contribution in [0.15, 0.2) is 4.42 Å². The molecule has 2 rings (SSSR count). The number of nitrogens with one attached hydrogen (secondary N) is 2. The minimum Gasteiger partial charge on any atom is -0.407 e. The molecule has 1 saturated heterocycles. The van der Waals surface area contributed by atoms with Crippen LogP contribution in [0, 0.1) is 0 Å². The lowest BCUT2D eigenvalue weighted by molar-refractivity contribution is 0.313. The van der Waals surface area contributed by atoms with E-state index in [9.17, 15) is 0 Å². The summed E-state index contributed by atoms with van der Waals surface area (Å²) in [5.41, 5.74) is 0. The first kappa shape index (κ1) is 14.6. The molecule has 0 saturated carbocycles. The lowest BCUT2D eigenvalue weighted by atomic mass is 10.4. The van der Waals surface area contributed by atoms with Gasteiger partial charge >= 0.3 is 6.01 Å². The van der Waals surface area contributed by atoms with Crippen LogP contribution in [0.25, 0.3) is 0 Å². The minimum absolute atomic E-state index is 0.527. The van der Waals surface area contributed by atoms with Gasteiger partial charge in [-0.25, -0.2) is 0 Å². The predicted octanol–water partition coefficient (Wildman–Crippen LogP) is 1.03. The molecule has 2 N–H and O–H groups in total. The van der Waals surface area contributed by atoms with Gasteiger partial charge in [0, 0.05) is 37.7 Å². The van der Waals surface area contributed by atoms with Gasteiger partial charge in [-0.3, -0.25) is 4.90 Å².